The van der Waals surface area contributed by atoms with E-state index >= 15 is 0 Å². The molecule has 0 saturated heterocycles. The van der Waals surface area contributed by atoms with Gasteiger partial charge in [0, 0.05) is 9.75 Å². The number of hydrazine groups is 1. The summed E-state index contributed by atoms with van der Waals surface area (Å²) in [6, 6.07) is 4.84. The van der Waals surface area contributed by atoms with E-state index in [2.05, 4.69) is 28.3 Å². The second-order valence-electron chi connectivity index (χ2n) is 5.21. The summed E-state index contributed by atoms with van der Waals surface area (Å²) in [4.78, 5) is 3.00. The highest BCUT2D eigenvalue weighted by Gasteiger charge is 2.18. The first-order chi connectivity index (χ1) is 9.36. The van der Waals surface area contributed by atoms with Gasteiger partial charge in [0.1, 0.15) is 0 Å². The molecule has 0 aromatic carbocycles. The van der Waals surface area contributed by atoms with Crippen LogP contribution in [0.25, 0.3) is 0 Å². The summed E-state index contributed by atoms with van der Waals surface area (Å²) in [5.74, 6) is 5.77. The van der Waals surface area contributed by atoms with Gasteiger partial charge >= 0.3 is 0 Å². The van der Waals surface area contributed by atoms with E-state index < -0.39 is 0 Å². The van der Waals surface area contributed by atoms with Gasteiger partial charge in [0.05, 0.1) is 6.04 Å². The highest BCUT2D eigenvalue weighted by molar-refractivity contribution is 7.12. The van der Waals surface area contributed by atoms with Gasteiger partial charge in [0.2, 0.25) is 0 Å². The molecule has 2 heterocycles. The Morgan fingerprint density at radius 1 is 1.26 bits per heavy atom. The number of hydrogen-bond donors (Lipinski definition) is 2. The molecule has 0 aliphatic heterocycles. The van der Waals surface area contributed by atoms with Crippen molar-refractivity contribution in [3.8, 4) is 0 Å². The molecule has 2 aromatic heterocycles. The van der Waals surface area contributed by atoms with E-state index in [1.807, 2.05) is 11.3 Å². The maximum Gasteiger partial charge on any atom is 0.0594 e. The molecule has 3 N–H and O–H groups in total. The Labute approximate surface area is 122 Å². The van der Waals surface area contributed by atoms with Crippen molar-refractivity contribution in [2.75, 3.05) is 0 Å². The smallest absolute Gasteiger partial charge is 0.0594 e. The zero-order valence-electron chi connectivity index (χ0n) is 11.0. The molecule has 2 nitrogen and oxygen atoms in total. The van der Waals surface area contributed by atoms with Gasteiger partial charge < -0.3 is 0 Å². The van der Waals surface area contributed by atoms with E-state index in [0.717, 1.165) is 6.42 Å². The van der Waals surface area contributed by atoms with Crippen molar-refractivity contribution in [1.82, 2.24) is 5.43 Å². The van der Waals surface area contributed by atoms with Crippen molar-refractivity contribution < 1.29 is 0 Å². The quantitative estimate of drug-likeness (QED) is 0.511. The Bertz CT molecular complexity index is 493. The van der Waals surface area contributed by atoms with Gasteiger partial charge in [-0.15, -0.1) is 11.3 Å². The molecule has 1 aliphatic rings. The minimum Gasteiger partial charge on any atom is -0.271 e. The van der Waals surface area contributed by atoms with Crippen LogP contribution < -0.4 is 11.3 Å². The summed E-state index contributed by atoms with van der Waals surface area (Å²) < 4.78 is 0. The van der Waals surface area contributed by atoms with E-state index in [4.69, 9.17) is 5.84 Å². The lowest BCUT2D eigenvalue weighted by Crippen LogP contribution is -2.28. The third-order valence-electron chi connectivity index (χ3n) is 3.83. The Morgan fingerprint density at radius 3 is 2.95 bits per heavy atom. The molecule has 19 heavy (non-hydrogen) atoms. The molecule has 4 heteroatoms. The lowest BCUT2D eigenvalue weighted by atomic mass is 10.1. The monoisotopic (exact) mass is 292 g/mol. The van der Waals surface area contributed by atoms with Gasteiger partial charge in [-0.25, -0.2) is 0 Å². The Kier molecular flexibility index (Phi) is 4.33. The van der Waals surface area contributed by atoms with Crippen LogP contribution in [0.2, 0.25) is 0 Å². The van der Waals surface area contributed by atoms with Crippen molar-refractivity contribution in [3.63, 3.8) is 0 Å². The van der Waals surface area contributed by atoms with Crippen molar-refractivity contribution in [1.29, 1.82) is 0 Å². The average molecular weight is 292 g/mol. The summed E-state index contributed by atoms with van der Waals surface area (Å²) >= 11 is 3.72. The van der Waals surface area contributed by atoms with Crippen molar-refractivity contribution in [2.24, 2.45) is 5.84 Å². The van der Waals surface area contributed by atoms with Crippen molar-refractivity contribution in [3.05, 3.63) is 43.8 Å². The maximum absolute atomic E-state index is 5.77. The molecule has 0 fully saturated rings. The second kappa shape index (κ2) is 6.18. The molecule has 3 rings (SSSR count). The van der Waals surface area contributed by atoms with Crippen LogP contribution in [0.4, 0.5) is 0 Å². The molecule has 0 radical (unpaired) electrons. The van der Waals surface area contributed by atoms with Crippen LogP contribution in [0.3, 0.4) is 0 Å². The van der Waals surface area contributed by atoms with Crippen LogP contribution in [-0.2, 0) is 19.3 Å². The van der Waals surface area contributed by atoms with Gasteiger partial charge in [-0.3, -0.25) is 11.3 Å². The van der Waals surface area contributed by atoms with E-state index in [9.17, 15) is 0 Å². The Morgan fingerprint density at radius 2 is 2.16 bits per heavy atom. The van der Waals surface area contributed by atoms with Gasteiger partial charge in [-0.2, -0.15) is 11.3 Å². The molecule has 1 atom stereocenters. The third kappa shape index (κ3) is 3.08. The lowest BCUT2D eigenvalue weighted by molar-refractivity contribution is 0.561. The molecule has 0 bridgehead atoms. The SMILES string of the molecule is NNC(Cc1ccsc1)c1cc2c(s1)CCCCC2. The van der Waals surface area contributed by atoms with Crippen LogP contribution in [0.1, 0.15) is 46.2 Å². The molecule has 1 unspecified atom stereocenters. The van der Waals surface area contributed by atoms with Gasteiger partial charge in [-0.1, -0.05) is 6.42 Å². The van der Waals surface area contributed by atoms with E-state index in [1.165, 1.54) is 42.5 Å². The number of nitrogens with one attached hydrogen (secondary N) is 1. The number of rotatable bonds is 4. The highest BCUT2D eigenvalue weighted by Crippen LogP contribution is 2.33. The van der Waals surface area contributed by atoms with Crippen LogP contribution in [-0.4, -0.2) is 0 Å². The fourth-order valence-corrected chi connectivity index (χ4v) is 4.75. The molecular weight excluding hydrogens is 272 g/mol. The lowest BCUT2D eigenvalue weighted by Gasteiger charge is -2.13. The zero-order valence-corrected chi connectivity index (χ0v) is 12.7. The Balaban J connectivity index is 1.79. The highest BCUT2D eigenvalue weighted by atomic mass is 32.1. The first-order valence-corrected chi connectivity index (χ1v) is 8.71. The topological polar surface area (TPSA) is 38.0 Å². The number of nitrogens with two attached hydrogens (primary N) is 1. The second-order valence-corrected chi connectivity index (χ2v) is 7.16. The van der Waals surface area contributed by atoms with E-state index in [0.29, 0.717) is 0 Å². The molecular formula is C15H20N2S2. The van der Waals surface area contributed by atoms with Crippen molar-refractivity contribution in [2.45, 2.75) is 44.6 Å². The fourth-order valence-electron chi connectivity index (χ4n) is 2.75. The predicted molar refractivity (Wildman–Crippen MR) is 83.7 cm³/mol. The molecule has 1 aliphatic carbocycles. The molecule has 0 saturated carbocycles. The molecule has 2 aromatic rings. The first-order valence-electron chi connectivity index (χ1n) is 6.95. The summed E-state index contributed by atoms with van der Waals surface area (Å²) in [5.41, 5.74) is 5.94. The molecule has 0 amide bonds. The van der Waals surface area contributed by atoms with Crippen LogP contribution in [0.15, 0.2) is 22.9 Å². The number of thiophene rings is 2. The number of aryl methyl sites for hydroxylation is 2. The maximum atomic E-state index is 5.77. The van der Waals surface area contributed by atoms with Gasteiger partial charge in [-0.05, 0) is 66.1 Å². The third-order valence-corrected chi connectivity index (χ3v) is 5.91. The van der Waals surface area contributed by atoms with Crippen LogP contribution in [0, 0.1) is 0 Å². The standard InChI is InChI=1S/C15H20N2S2/c16-17-13(8-11-6-7-18-10-11)15-9-12-4-2-1-3-5-14(12)19-15/h6-7,9-10,13,17H,1-5,8,16H2. The predicted octanol–water partition coefficient (Wildman–Crippen LogP) is 3.83. The van der Waals surface area contributed by atoms with Crippen LogP contribution in [0.5, 0.6) is 0 Å². The summed E-state index contributed by atoms with van der Waals surface area (Å²) in [5, 5.41) is 4.34. The molecule has 0 spiro atoms. The Hall–Kier alpha value is -0.680. The van der Waals surface area contributed by atoms with Gasteiger partial charge in [0.25, 0.3) is 0 Å². The van der Waals surface area contributed by atoms with Crippen LogP contribution >= 0.6 is 22.7 Å². The summed E-state index contributed by atoms with van der Waals surface area (Å²) in [6.07, 6.45) is 7.56. The number of fused-ring (bicyclic) bond motifs is 1. The normalized spacial score (nSPS) is 16.9. The van der Waals surface area contributed by atoms with Crippen molar-refractivity contribution >= 4 is 22.7 Å². The van der Waals surface area contributed by atoms with E-state index in [-0.39, 0.29) is 6.04 Å². The first kappa shape index (κ1) is 13.3. The zero-order chi connectivity index (χ0) is 13.1. The fraction of sp³-hybridized carbons (Fsp3) is 0.467. The molecule has 102 valence electrons. The minimum atomic E-state index is 0.256. The van der Waals surface area contributed by atoms with Gasteiger partial charge in [0.15, 0.2) is 0 Å². The largest absolute Gasteiger partial charge is 0.271 e. The number of hydrogen-bond acceptors (Lipinski definition) is 4. The summed E-state index contributed by atoms with van der Waals surface area (Å²) in [6.45, 7) is 0. The average Bonchev–Trinajstić information content (AvgIpc) is 3.02. The summed E-state index contributed by atoms with van der Waals surface area (Å²) in [7, 11) is 0. The van der Waals surface area contributed by atoms with E-state index in [1.54, 1.807) is 21.8 Å². The minimum absolute atomic E-state index is 0.256.